The van der Waals surface area contributed by atoms with Crippen molar-refractivity contribution >= 4 is 42.0 Å². The Morgan fingerprint density at radius 3 is 2.37 bits per heavy atom. The molecule has 2 aromatic rings. The van der Waals surface area contributed by atoms with Crippen molar-refractivity contribution in [2.24, 2.45) is 0 Å². The molecule has 0 aromatic carbocycles. The average molecular weight is 474 g/mol. The molecule has 0 spiro atoms. The van der Waals surface area contributed by atoms with Crippen LogP contribution in [0, 0.1) is 0 Å². The van der Waals surface area contributed by atoms with Crippen molar-refractivity contribution < 1.29 is 9.53 Å². The first-order valence-corrected chi connectivity index (χ1v) is 12.8. The van der Waals surface area contributed by atoms with Gasteiger partial charge in [-0.3, -0.25) is 0 Å². The summed E-state index contributed by atoms with van der Waals surface area (Å²) in [5, 5.41) is 0. The maximum atomic E-state index is 12.2. The van der Waals surface area contributed by atoms with E-state index in [2.05, 4.69) is 38.1 Å². The number of nitrogens with zero attached hydrogens (tertiary/aromatic N) is 3. The van der Waals surface area contributed by atoms with Crippen LogP contribution >= 0.6 is 0 Å². The molecule has 1 amide bonds. The van der Waals surface area contributed by atoms with E-state index < -0.39 is 26.7 Å². The predicted molar refractivity (Wildman–Crippen MR) is 110 cm³/mol. The van der Waals surface area contributed by atoms with E-state index >= 15 is 0 Å². The molecule has 1 saturated heterocycles. The van der Waals surface area contributed by atoms with Gasteiger partial charge in [0.05, 0.1) is 0 Å². The Kier molecular flexibility index (Phi) is 6.28. The first-order valence-electron chi connectivity index (χ1n) is 9.73. The van der Waals surface area contributed by atoms with E-state index in [-0.39, 0.29) is 6.09 Å². The van der Waals surface area contributed by atoms with E-state index in [9.17, 15) is 4.79 Å². The number of rotatable bonds is 3. The topological polar surface area (TPSA) is 55.3 Å². The molecule has 0 unspecified atom stereocenters. The Morgan fingerprint density at radius 1 is 1.11 bits per heavy atom. The van der Waals surface area contributed by atoms with Crippen LogP contribution in [0.5, 0.6) is 0 Å². The van der Waals surface area contributed by atoms with Crippen molar-refractivity contribution in [2.75, 3.05) is 13.1 Å². The third-order valence-electron chi connectivity index (χ3n) is 4.57. The quantitative estimate of drug-likeness (QED) is 0.634. The van der Waals surface area contributed by atoms with E-state index in [1.165, 1.54) is 3.71 Å². The Labute approximate surface area is 172 Å². The second-order valence-electron chi connectivity index (χ2n) is 8.51. The summed E-state index contributed by atoms with van der Waals surface area (Å²) in [4.78, 5) is 23.7. The second kappa shape index (κ2) is 8.33. The molecule has 2 radical (unpaired) electrons. The van der Waals surface area contributed by atoms with Gasteiger partial charge in [0.1, 0.15) is 5.60 Å². The number of piperidine rings is 1. The zero-order chi connectivity index (χ0) is 19.6. The summed E-state index contributed by atoms with van der Waals surface area (Å²) in [5.74, 6) is 0.389. The van der Waals surface area contributed by atoms with Gasteiger partial charge in [-0.2, -0.15) is 0 Å². The standard InChI is InChI=1S/C18H22N3O2.C3H7.Sn/c1-18(2,3)23-17(22)21-11-8-13(9-12-21)14-6-7-15-16(20-14)5-4-10-19-15;1-3-2;/h4-7,13H,8-9,11-12H2,1-3H3;3H,1-2H3;. The van der Waals surface area contributed by atoms with E-state index in [0.29, 0.717) is 5.92 Å². The van der Waals surface area contributed by atoms with Crippen molar-refractivity contribution in [3.05, 3.63) is 30.0 Å². The van der Waals surface area contributed by atoms with Crippen molar-refractivity contribution in [3.8, 4) is 0 Å². The number of hydrogen-bond donors (Lipinski definition) is 0. The number of aromatic nitrogens is 2. The average Bonchev–Trinajstić information content (AvgIpc) is 2.59. The second-order valence-corrected chi connectivity index (χ2v) is 14.1. The van der Waals surface area contributed by atoms with Gasteiger partial charge in [0.25, 0.3) is 0 Å². The summed E-state index contributed by atoms with van der Waals surface area (Å²) >= 11 is -0.598. The van der Waals surface area contributed by atoms with Crippen LogP contribution in [0.25, 0.3) is 11.0 Å². The Bertz CT molecular complexity index is 809. The van der Waals surface area contributed by atoms with Crippen molar-refractivity contribution in [3.63, 3.8) is 0 Å². The maximum absolute atomic E-state index is 12.2. The third-order valence-corrected chi connectivity index (χ3v) is 7.85. The molecular formula is C21H29N3O2Sn. The van der Waals surface area contributed by atoms with Crippen LogP contribution in [0.2, 0.25) is 3.93 Å². The molecule has 5 nitrogen and oxygen atoms in total. The van der Waals surface area contributed by atoms with Gasteiger partial charge in [-0.1, -0.05) is 0 Å². The molecule has 0 saturated carbocycles. The Hall–Kier alpha value is -1.37. The minimum atomic E-state index is -0.598. The van der Waals surface area contributed by atoms with Crippen molar-refractivity contribution in [1.29, 1.82) is 0 Å². The monoisotopic (exact) mass is 475 g/mol. The molecule has 1 aliphatic heterocycles. The zero-order valence-corrected chi connectivity index (χ0v) is 19.8. The molecular weight excluding hydrogens is 445 g/mol. The third kappa shape index (κ3) is 5.56. The summed E-state index contributed by atoms with van der Waals surface area (Å²) in [6.07, 6.45) is 1.63. The van der Waals surface area contributed by atoms with Gasteiger partial charge in [0.2, 0.25) is 0 Å². The fraction of sp³-hybridized carbons (Fsp3) is 0.571. The number of amides is 1. The molecule has 3 heterocycles. The number of fused-ring (bicyclic) bond motifs is 1. The molecule has 0 aliphatic carbocycles. The number of pyridine rings is 2. The zero-order valence-electron chi connectivity index (χ0n) is 17.0. The summed E-state index contributed by atoms with van der Waals surface area (Å²) in [6.45, 7) is 11.7. The van der Waals surface area contributed by atoms with Crippen LogP contribution in [-0.2, 0) is 4.74 Å². The summed E-state index contributed by atoms with van der Waals surface area (Å²) < 4.78 is 7.54. The molecule has 1 aliphatic rings. The fourth-order valence-corrected chi connectivity index (χ4v) is 6.04. The minimum absolute atomic E-state index is 0.209. The van der Waals surface area contributed by atoms with Gasteiger partial charge >= 0.3 is 146 Å². The van der Waals surface area contributed by atoms with Gasteiger partial charge in [0, 0.05) is 0 Å². The molecule has 0 bridgehead atoms. The predicted octanol–water partition coefficient (Wildman–Crippen LogP) is 3.90. The van der Waals surface area contributed by atoms with E-state index in [1.807, 2.05) is 25.7 Å². The van der Waals surface area contributed by atoms with E-state index in [0.717, 1.165) is 46.6 Å². The number of hydrogen-bond acceptors (Lipinski definition) is 4. The molecule has 1 fully saturated rings. The van der Waals surface area contributed by atoms with Crippen LogP contribution in [0.1, 0.15) is 59.1 Å². The molecule has 0 atom stereocenters. The first-order chi connectivity index (χ1) is 12.7. The van der Waals surface area contributed by atoms with Crippen molar-refractivity contribution in [1.82, 2.24) is 14.9 Å². The molecule has 0 N–H and O–H groups in total. The van der Waals surface area contributed by atoms with Gasteiger partial charge in [-0.15, -0.1) is 0 Å². The van der Waals surface area contributed by atoms with E-state index in [1.54, 1.807) is 0 Å². The summed E-state index contributed by atoms with van der Waals surface area (Å²) in [6, 6.07) is 8.52. The Morgan fingerprint density at radius 2 is 1.74 bits per heavy atom. The SMILES string of the molecule is C[CH](C)[Sn][c]1ccc2nc(C3CCN(C(=O)OC(C)(C)C)CC3)ccc2n1. The molecule has 27 heavy (non-hydrogen) atoms. The van der Waals surface area contributed by atoms with Crippen LogP contribution in [-0.4, -0.2) is 60.8 Å². The summed E-state index contributed by atoms with van der Waals surface area (Å²) in [7, 11) is 0. The number of carbonyl (C=O) groups is 1. The normalized spacial score (nSPS) is 16.1. The summed E-state index contributed by atoms with van der Waals surface area (Å²) in [5.41, 5.74) is 2.65. The van der Waals surface area contributed by atoms with Gasteiger partial charge < -0.3 is 0 Å². The number of carbonyl (C=O) groups excluding carboxylic acids is 1. The fourth-order valence-electron chi connectivity index (χ4n) is 3.31. The molecule has 144 valence electrons. The number of likely N-dealkylation sites (tertiary alicyclic amines) is 1. The van der Waals surface area contributed by atoms with Gasteiger partial charge in [-0.25, -0.2) is 0 Å². The first kappa shape index (κ1) is 20.4. The molecule has 6 heteroatoms. The van der Waals surface area contributed by atoms with Crippen LogP contribution in [0.3, 0.4) is 0 Å². The van der Waals surface area contributed by atoms with Crippen LogP contribution in [0.15, 0.2) is 24.3 Å². The number of ether oxygens (including phenoxy) is 1. The Balaban J connectivity index is 1.65. The molecule has 2 aromatic heterocycles. The van der Waals surface area contributed by atoms with Gasteiger partial charge in [-0.05, 0) is 20.8 Å². The molecule has 3 rings (SSSR count). The van der Waals surface area contributed by atoms with Crippen LogP contribution in [0.4, 0.5) is 4.79 Å². The van der Waals surface area contributed by atoms with E-state index in [4.69, 9.17) is 14.7 Å². The van der Waals surface area contributed by atoms with Crippen LogP contribution < -0.4 is 3.71 Å². The van der Waals surface area contributed by atoms with Crippen molar-refractivity contribution in [2.45, 2.75) is 62.9 Å². The van der Waals surface area contributed by atoms with Gasteiger partial charge in [0.15, 0.2) is 0 Å².